The smallest absolute Gasteiger partial charge is 0.272 e. The van der Waals surface area contributed by atoms with Crippen molar-refractivity contribution in [3.8, 4) is 11.3 Å². The molecule has 2 aromatic heterocycles. The van der Waals surface area contributed by atoms with Gasteiger partial charge in [0, 0.05) is 15.3 Å². The van der Waals surface area contributed by atoms with Gasteiger partial charge in [0.2, 0.25) is 0 Å². The number of aromatic amines is 1. The zero-order valence-corrected chi connectivity index (χ0v) is 14.9. The third kappa shape index (κ3) is 3.41. The molecular weight excluding hydrogens is 344 g/mol. The first-order valence-corrected chi connectivity index (χ1v) is 8.95. The summed E-state index contributed by atoms with van der Waals surface area (Å²) < 4.78 is 0. The Balaban J connectivity index is 1.49. The topological polar surface area (TPSA) is 70.1 Å². The normalized spacial score (nSPS) is 11.3. The van der Waals surface area contributed by atoms with Crippen LogP contribution in [0.25, 0.3) is 22.0 Å². The minimum absolute atomic E-state index is 0.325. The van der Waals surface area contributed by atoms with Crippen molar-refractivity contribution in [3.63, 3.8) is 0 Å². The summed E-state index contributed by atoms with van der Waals surface area (Å²) in [5.74, 6) is -0.325. The van der Waals surface area contributed by atoms with Gasteiger partial charge >= 0.3 is 0 Å². The predicted molar refractivity (Wildman–Crippen MR) is 106 cm³/mol. The molecule has 5 nitrogen and oxygen atoms in total. The Kier molecular flexibility index (Phi) is 4.33. The van der Waals surface area contributed by atoms with Gasteiger partial charge in [-0.05, 0) is 42.0 Å². The van der Waals surface area contributed by atoms with Gasteiger partial charge in [-0.25, -0.2) is 5.43 Å². The number of thiophene rings is 1. The van der Waals surface area contributed by atoms with Gasteiger partial charge in [-0.2, -0.15) is 10.2 Å². The van der Waals surface area contributed by atoms with E-state index >= 15 is 0 Å². The van der Waals surface area contributed by atoms with Crippen molar-refractivity contribution in [2.24, 2.45) is 5.10 Å². The summed E-state index contributed by atoms with van der Waals surface area (Å²) in [5, 5.41) is 13.3. The van der Waals surface area contributed by atoms with Gasteiger partial charge < -0.3 is 0 Å². The van der Waals surface area contributed by atoms with Crippen molar-refractivity contribution in [1.29, 1.82) is 0 Å². The fourth-order valence-electron chi connectivity index (χ4n) is 2.67. The van der Waals surface area contributed by atoms with E-state index in [-0.39, 0.29) is 5.91 Å². The molecule has 4 aromatic rings. The van der Waals surface area contributed by atoms with E-state index in [1.165, 1.54) is 10.3 Å². The van der Waals surface area contributed by atoms with Crippen LogP contribution in [-0.4, -0.2) is 22.3 Å². The van der Waals surface area contributed by atoms with Crippen LogP contribution >= 0.6 is 11.3 Å². The molecule has 0 fully saturated rings. The van der Waals surface area contributed by atoms with E-state index < -0.39 is 0 Å². The van der Waals surface area contributed by atoms with Crippen LogP contribution < -0.4 is 5.43 Å². The molecule has 6 heteroatoms. The van der Waals surface area contributed by atoms with Gasteiger partial charge in [-0.3, -0.25) is 9.89 Å². The van der Waals surface area contributed by atoms with Gasteiger partial charge in [-0.15, -0.1) is 11.3 Å². The molecule has 1 amide bonds. The molecule has 4 rings (SSSR count). The number of aromatic nitrogens is 2. The minimum atomic E-state index is -0.325. The number of hydrazone groups is 1. The van der Waals surface area contributed by atoms with E-state index in [4.69, 9.17) is 0 Å². The summed E-state index contributed by atoms with van der Waals surface area (Å²) in [6, 6.07) is 19.9. The molecule has 2 heterocycles. The number of rotatable bonds is 4. The number of aryl methyl sites for hydroxylation is 1. The quantitative estimate of drug-likeness (QED) is 0.419. The Morgan fingerprint density at radius 1 is 1.12 bits per heavy atom. The number of hydrogen-bond acceptors (Lipinski definition) is 4. The zero-order valence-electron chi connectivity index (χ0n) is 14.1. The van der Waals surface area contributed by atoms with Crippen LogP contribution in [0, 0.1) is 6.92 Å². The van der Waals surface area contributed by atoms with Crippen molar-refractivity contribution >= 4 is 34.2 Å². The summed E-state index contributed by atoms with van der Waals surface area (Å²) >= 11 is 1.62. The highest BCUT2D eigenvalue weighted by Crippen LogP contribution is 2.23. The third-order valence-electron chi connectivity index (χ3n) is 3.99. The summed E-state index contributed by atoms with van der Waals surface area (Å²) in [4.78, 5) is 14.4. The predicted octanol–water partition coefficient (Wildman–Crippen LogP) is 4.36. The van der Waals surface area contributed by atoms with Crippen molar-refractivity contribution in [2.75, 3.05) is 0 Å². The van der Waals surface area contributed by atoms with E-state index in [2.05, 4.69) is 38.9 Å². The van der Waals surface area contributed by atoms with Crippen LogP contribution in [0.5, 0.6) is 0 Å². The molecule has 0 aliphatic rings. The highest BCUT2D eigenvalue weighted by Gasteiger charge is 2.10. The van der Waals surface area contributed by atoms with Crippen LogP contribution in [-0.2, 0) is 0 Å². The molecule has 0 radical (unpaired) electrons. The molecule has 0 saturated heterocycles. The summed E-state index contributed by atoms with van der Waals surface area (Å²) in [6.07, 6.45) is 1.64. The minimum Gasteiger partial charge on any atom is -0.272 e. The Labute approximate surface area is 154 Å². The fraction of sp³-hybridized carbons (Fsp3) is 0.0500. The first-order valence-electron chi connectivity index (χ1n) is 8.13. The molecule has 2 aromatic carbocycles. The number of carbonyl (C=O) groups excluding carboxylic acids is 1. The molecule has 0 bridgehead atoms. The Morgan fingerprint density at radius 3 is 2.77 bits per heavy atom. The lowest BCUT2D eigenvalue weighted by Crippen LogP contribution is -2.17. The van der Waals surface area contributed by atoms with Gasteiger partial charge in [0.25, 0.3) is 5.91 Å². The van der Waals surface area contributed by atoms with Crippen molar-refractivity contribution in [3.05, 3.63) is 76.1 Å². The summed E-state index contributed by atoms with van der Waals surface area (Å²) in [7, 11) is 0. The van der Waals surface area contributed by atoms with Gasteiger partial charge in [0.1, 0.15) is 5.69 Å². The Morgan fingerprint density at radius 2 is 1.96 bits per heavy atom. The van der Waals surface area contributed by atoms with E-state index in [0.29, 0.717) is 5.69 Å². The van der Waals surface area contributed by atoms with Crippen molar-refractivity contribution < 1.29 is 4.79 Å². The number of fused-ring (bicyclic) bond motifs is 1. The van der Waals surface area contributed by atoms with Crippen LogP contribution in [0.4, 0.5) is 0 Å². The molecule has 0 saturated carbocycles. The van der Waals surface area contributed by atoms with Crippen molar-refractivity contribution in [2.45, 2.75) is 6.92 Å². The lowest BCUT2D eigenvalue weighted by Gasteiger charge is -2.00. The molecule has 0 unspecified atom stereocenters. The number of hydrogen-bond donors (Lipinski definition) is 2. The van der Waals surface area contributed by atoms with Gasteiger partial charge in [-0.1, -0.05) is 36.4 Å². The average molecular weight is 360 g/mol. The average Bonchev–Trinajstić information content (AvgIpc) is 3.30. The first kappa shape index (κ1) is 16.2. The second-order valence-corrected chi connectivity index (χ2v) is 7.20. The van der Waals surface area contributed by atoms with Gasteiger partial charge in [0.15, 0.2) is 0 Å². The van der Waals surface area contributed by atoms with Crippen LogP contribution in [0.1, 0.15) is 20.2 Å². The lowest BCUT2D eigenvalue weighted by molar-refractivity contribution is 0.0950. The maximum absolute atomic E-state index is 12.2. The molecule has 2 N–H and O–H groups in total. The largest absolute Gasteiger partial charge is 0.289 e. The third-order valence-corrected chi connectivity index (χ3v) is 4.92. The van der Waals surface area contributed by atoms with Gasteiger partial charge in [0.05, 0.1) is 11.9 Å². The van der Waals surface area contributed by atoms with Crippen LogP contribution in [0.15, 0.2) is 65.8 Å². The van der Waals surface area contributed by atoms with E-state index in [0.717, 1.165) is 21.5 Å². The second kappa shape index (κ2) is 6.93. The summed E-state index contributed by atoms with van der Waals surface area (Å²) in [5.41, 5.74) is 4.56. The zero-order chi connectivity index (χ0) is 17.9. The van der Waals surface area contributed by atoms with E-state index in [1.807, 2.05) is 43.3 Å². The fourth-order valence-corrected chi connectivity index (χ4v) is 3.42. The molecule has 128 valence electrons. The maximum atomic E-state index is 12.2. The maximum Gasteiger partial charge on any atom is 0.289 e. The standard InChI is InChI=1S/C20H16N4OS/c1-13-6-9-17(26-13)12-21-24-20(25)19-11-18(22-23-19)16-8-7-14-4-2-3-5-15(14)10-16/h2-12H,1H3,(H,22,23)(H,24,25). The van der Waals surface area contributed by atoms with E-state index in [9.17, 15) is 4.79 Å². The summed E-state index contributed by atoms with van der Waals surface area (Å²) in [6.45, 7) is 2.03. The SMILES string of the molecule is Cc1ccc(C=NNC(=O)c2cc(-c3ccc4ccccc4c3)n[nH]2)s1. The Bertz CT molecular complexity index is 1110. The number of H-pyrrole nitrogens is 1. The second-order valence-electron chi connectivity index (χ2n) is 5.88. The number of benzene rings is 2. The highest BCUT2D eigenvalue weighted by molar-refractivity contribution is 7.13. The molecule has 0 aliphatic carbocycles. The number of amides is 1. The van der Waals surface area contributed by atoms with Crippen LogP contribution in [0.2, 0.25) is 0 Å². The van der Waals surface area contributed by atoms with Crippen molar-refractivity contribution in [1.82, 2.24) is 15.6 Å². The molecule has 0 spiro atoms. The molecule has 0 aliphatic heterocycles. The number of nitrogens with one attached hydrogen (secondary N) is 2. The van der Waals surface area contributed by atoms with Crippen LogP contribution in [0.3, 0.4) is 0 Å². The molecule has 26 heavy (non-hydrogen) atoms. The Hall–Kier alpha value is -3.25. The first-order chi connectivity index (χ1) is 12.7. The number of nitrogens with zero attached hydrogens (tertiary/aromatic N) is 2. The molecule has 0 atom stereocenters. The van der Waals surface area contributed by atoms with E-state index in [1.54, 1.807) is 23.6 Å². The highest BCUT2D eigenvalue weighted by atomic mass is 32.1. The monoisotopic (exact) mass is 360 g/mol. The number of carbonyl (C=O) groups is 1. The molecular formula is C20H16N4OS. The lowest BCUT2D eigenvalue weighted by atomic mass is 10.1.